The number of nitrogens with zero attached hydrogens (tertiary/aromatic N) is 2. The van der Waals surface area contributed by atoms with E-state index in [1.807, 2.05) is 6.07 Å². The van der Waals surface area contributed by atoms with Gasteiger partial charge in [0.05, 0.1) is 27.4 Å². The summed E-state index contributed by atoms with van der Waals surface area (Å²) in [5, 5.41) is 0. The van der Waals surface area contributed by atoms with Crippen molar-refractivity contribution in [3.05, 3.63) is 41.7 Å². The number of unbranched alkanes of at least 4 members (excludes halogenated alkanes) is 1. The first-order chi connectivity index (χ1) is 12.7. The number of fused-ring (bicyclic) bond motifs is 1. The molecule has 2 heterocycles. The minimum Gasteiger partial charge on any atom is -0.493 e. The lowest BCUT2D eigenvalue weighted by molar-refractivity contribution is 0.220. The Morgan fingerprint density at radius 3 is 2.50 bits per heavy atom. The van der Waals surface area contributed by atoms with Gasteiger partial charge in [-0.2, -0.15) is 0 Å². The van der Waals surface area contributed by atoms with E-state index in [9.17, 15) is 0 Å². The van der Waals surface area contributed by atoms with Crippen LogP contribution in [0.15, 0.2) is 30.5 Å². The summed E-state index contributed by atoms with van der Waals surface area (Å²) in [6, 6.07) is 8.61. The molecule has 0 amide bonds. The van der Waals surface area contributed by atoms with Crippen LogP contribution in [0, 0.1) is 0 Å². The van der Waals surface area contributed by atoms with Gasteiger partial charge in [-0.1, -0.05) is 13.3 Å². The maximum absolute atomic E-state index is 5.81. The van der Waals surface area contributed by atoms with Crippen molar-refractivity contribution >= 4 is 0 Å². The van der Waals surface area contributed by atoms with Crippen LogP contribution in [0.3, 0.4) is 0 Å². The SMILES string of the molecule is CCCCN1CCCn2cccc2C1c1ccc(OC)c(OC)c1OC. The highest BCUT2D eigenvalue weighted by atomic mass is 16.5. The number of aryl methyl sites for hydroxylation is 1. The highest BCUT2D eigenvalue weighted by molar-refractivity contribution is 5.58. The first kappa shape index (κ1) is 18.6. The summed E-state index contributed by atoms with van der Waals surface area (Å²) in [5.74, 6) is 2.11. The zero-order valence-corrected chi connectivity index (χ0v) is 16.3. The topological polar surface area (TPSA) is 35.9 Å². The van der Waals surface area contributed by atoms with E-state index in [0.717, 1.165) is 37.4 Å². The van der Waals surface area contributed by atoms with Crippen LogP contribution >= 0.6 is 0 Å². The molecule has 1 aliphatic heterocycles. The number of benzene rings is 1. The fourth-order valence-electron chi connectivity index (χ4n) is 3.94. The maximum Gasteiger partial charge on any atom is 0.203 e. The van der Waals surface area contributed by atoms with Crippen LogP contribution in [0.25, 0.3) is 0 Å². The van der Waals surface area contributed by atoms with Crippen molar-refractivity contribution in [3.63, 3.8) is 0 Å². The third kappa shape index (κ3) is 3.40. The van der Waals surface area contributed by atoms with E-state index in [2.05, 4.69) is 40.8 Å². The van der Waals surface area contributed by atoms with Crippen LogP contribution in [-0.4, -0.2) is 43.9 Å². The van der Waals surface area contributed by atoms with Crippen LogP contribution in [0.5, 0.6) is 17.2 Å². The average molecular weight is 358 g/mol. The second kappa shape index (κ2) is 8.49. The lowest BCUT2D eigenvalue weighted by atomic mass is 9.99. The van der Waals surface area contributed by atoms with Gasteiger partial charge in [-0.15, -0.1) is 0 Å². The molecule has 0 spiro atoms. The molecule has 0 N–H and O–H groups in total. The molecule has 5 nitrogen and oxygen atoms in total. The third-order valence-electron chi connectivity index (χ3n) is 5.18. The predicted molar refractivity (Wildman–Crippen MR) is 103 cm³/mol. The zero-order chi connectivity index (χ0) is 18.5. The molecule has 1 aromatic heterocycles. The lowest BCUT2D eigenvalue weighted by Gasteiger charge is -2.32. The summed E-state index contributed by atoms with van der Waals surface area (Å²) in [6.07, 6.45) is 5.70. The number of methoxy groups -OCH3 is 3. The molecule has 26 heavy (non-hydrogen) atoms. The van der Waals surface area contributed by atoms with Gasteiger partial charge in [0, 0.05) is 30.5 Å². The summed E-state index contributed by atoms with van der Waals surface area (Å²) in [4.78, 5) is 2.58. The van der Waals surface area contributed by atoms with Gasteiger partial charge in [0.15, 0.2) is 11.5 Å². The minimum absolute atomic E-state index is 0.147. The number of aromatic nitrogens is 1. The molecular formula is C21H30N2O3. The highest BCUT2D eigenvalue weighted by Crippen LogP contribution is 2.45. The largest absolute Gasteiger partial charge is 0.493 e. The summed E-state index contributed by atoms with van der Waals surface area (Å²) >= 11 is 0. The molecule has 1 atom stereocenters. The van der Waals surface area contributed by atoms with E-state index < -0.39 is 0 Å². The lowest BCUT2D eigenvalue weighted by Crippen LogP contribution is -2.31. The molecule has 0 saturated heterocycles. The Morgan fingerprint density at radius 1 is 1.00 bits per heavy atom. The summed E-state index contributed by atoms with van der Waals surface area (Å²) in [6.45, 7) is 5.44. The number of rotatable bonds is 7. The number of ether oxygens (including phenoxy) is 3. The molecule has 0 aliphatic carbocycles. The van der Waals surface area contributed by atoms with Crippen LogP contribution in [0.1, 0.15) is 43.5 Å². The smallest absolute Gasteiger partial charge is 0.203 e. The fraction of sp³-hybridized carbons (Fsp3) is 0.524. The van der Waals surface area contributed by atoms with Crippen molar-refractivity contribution in [3.8, 4) is 17.2 Å². The molecule has 3 rings (SSSR count). The summed E-state index contributed by atoms with van der Waals surface area (Å²) in [7, 11) is 5.02. The van der Waals surface area contributed by atoms with E-state index in [1.54, 1.807) is 21.3 Å². The van der Waals surface area contributed by atoms with E-state index >= 15 is 0 Å². The first-order valence-corrected chi connectivity index (χ1v) is 9.43. The van der Waals surface area contributed by atoms with Crippen molar-refractivity contribution in [2.24, 2.45) is 0 Å². The standard InChI is InChI=1S/C21H30N2O3/c1-5-6-12-23-15-8-14-22-13-7-9-17(22)19(23)16-10-11-18(24-2)21(26-4)20(16)25-3/h7,9-11,13,19H,5-6,8,12,14-15H2,1-4H3. The van der Waals surface area contributed by atoms with Crippen LogP contribution in [0.4, 0.5) is 0 Å². The molecule has 0 bridgehead atoms. The zero-order valence-electron chi connectivity index (χ0n) is 16.3. The second-order valence-electron chi connectivity index (χ2n) is 6.70. The molecule has 5 heteroatoms. The molecular weight excluding hydrogens is 328 g/mol. The van der Waals surface area contributed by atoms with Gasteiger partial charge in [0.2, 0.25) is 5.75 Å². The van der Waals surface area contributed by atoms with Gasteiger partial charge >= 0.3 is 0 Å². The molecule has 0 radical (unpaired) electrons. The predicted octanol–water partition coefficient (Wildman–Crippen LogP) is 4.11. The number of hydrogen-bond acceptors (Lipinski definition) is 4. The Kier molecular flexibility index (Phi) is 6.09. The fourth-order valence-corrected chi connectivity index (χ4v) is 3.94. The monoisotopic (exact) mass is 358 g/mol. The molecule has 1 unspecified atom stereocenters. The molecule has 0 fully saturated rings. The van der Waals surface area contributed by atoms with Crippen molar-refractivity contribution in [2.45, 2.75) is 38.8 Å². The average Bonchev–Trinajstić information content (AvgIpc) is 3.06. The van der Waals surface area contributed by atoms with E-state index in [-0.39, 0.29) is 6.04 Å². The first-order valence-electron chi connectivity index (χ1n) is 9.43. The van der Waals surface area contributed by atoms with Crippen molar-refractivity contribution in [2.75, 3.05) is 34.4 Å². The van der Waals surface area contributed by atoms with Gasteiger partial charge in [-0.3, -0.25) is 4.90 Å². The molecule has 0 saturated carbocycles. The van der Waals surface area contributed by atoms with Crippen molar-refractivity contribution in [1.29, 1.82) is 0 Å². The van der Waals surface area contributed by atoms with E-state index in [0.29, 0.717) is 11.5 Å². The Morgan fingerprint density at radius 2 is 1.81 bits per heavy atom. The summed E-state index contributed by atoms with van der Waals surface area (Å²) in [5.41, 5.74) is 2.44. The number of hydrogen-bond donors (Lipinski definition) is 0. The minimum atomic E-state index is 0.147. The van der Waals surface area contributed by atoms with Gasteiger partial charge in [-0.05, 0) is 43.7 Å². The van der Waals surface area contributed by atoms with Gasteiger partial charge in [0.1, 0.15) is 0 Å². The van der Waals surface area contributed by atoms with Crippen LogP contribution in [-0.2, 0) is 6.54 Å². The van der Waals surface area contributed by atoms with Crippen LogP contribution in [0.2, 0.25) is 0 Å². The maximum atomic E-state index is 5.81. The van der Waals surface area contributed by atoms with Gasteiger partial charge in [-0.25, -0.2) is 0 Å². The van der Waals surface area contributed by atoms with E-state index in [4.69, 9.17) is 14.2 Å². The quantitative estimate of drug-likeness (QED) is 0.746. The Balaban J connectivity index is 2.14. The van der Waals surface area contributed by atoms with Crippen LogP contribution < -0.4 is 14.2 Å². The van der Waals surface area contributed by atoms with Gasteiger partial charge in [0.25, 0.3) is 0 Å². The highest BCUT2D eigenvalue weighted by Gasteiger charge is 2.31. The molecule has 1 aromatic carbocycles. The van der Waals surface area contributed by atoms with E-state index in [1.165, 1.54) is 18.5 Å². The third-order valence-corrected chi connectivity index (χ3v) is 5.18. The summed E-state index contributed by atoms with van der Waals surface area (Å²) < 4.78 is 19.3. The van der Waals surface area contributed by atoms with Crippen molar-refractivity contribution in [1.82, 2.24) is 9.47 Å². The Hall–Kier alpha value is -2.14. The Labute approximate surface area is 156 Å². The molecule has 142 valence electrons. The van der Waals surface area contributed by atoms with Crippen molar-refractivity contribution < 1.29 is 14.2 Å². The second-order valence-corrected chi connectivity index (χ2v) is 6.70. The molecule has 1 aliphatic rings. The van der Waals surface area contributed by atoms with Gasteiger partial charge < -0.3 is 18.8 Å². The molecule has 2 aromatic rings. The normalized spacial score (nSPS) is 17.5. The Bertz CT molecular complexity index is 726.